The predicted octanol–water partition coefficient (Wildman–Crippen LogP) is 3.54. The number of amides is 1. The molecule has 0 saturated carbocycles. The maximum atomic E-state index is 14.5. The number of nitrogens with one attached hydrogen (secondary N) is 1. The Bertz CT molecular complexity index is 1610. The molecule has 0 aliphatic rings. The van der Waals surface area contributed by atoms with E-state index in [-0.39, 0.29) is 16.9 Å². The second-order valence-electron chi connectivity index (χ2n) is 7.01. The van der Waals surface area contributed by atoms with Crippen LogP contribution >= 0.6 is 11.3 Å². The molecule has 32 heavy (non-hydrogen) atoms. The first-order valence-corrected chi connectivity index (χ1v) is 10.5. The molecule has 0 aliphatic carbocycles. The molecule has 0 atom stereocenters. The van der Waals surface area contributed by atoms with E-state index in [9.17, 15) is 18.8 Å². The van der Waals surface area contributed by atoms with Gasteiger partial charge in [-0.3, -0.25) is 14.2 Å². The molecule has 0 fully saturated rings. The maximum Gasteiger partial charge on any atom is 0.336 e. The molecule has 1 amide bonds. The first-order valence-electron chi connectivity index (χ1n) is 9.67. The van der Waals surface area contributed by atoms with Crippen molar-refractivity contribution >= 4 is 43.4 Å². The number of thiophene rings is 1. The number of para-hydroxylation sites is 2. The molecule has 2 aromatic carbocycles. The van der Waals surface area contributed by atoms with Gasteiger partial charge in [-0.05, 0) is 36.4 Å². The zero-order valence-corrected chi connectivity index (χ0v) is 17.3. The van der Waals surface area contributed by atoms with Crippen molar-refractivity contribution in [3.63, 3.8) is 0 Å². The van der Waals surface area contributed by atoms with Gasteiger partial charge in [0, 0.05) is 17.3 Å². The summed E-state index contributed by atoms with van der Waals surface area (Å²) in [5.41, 5.74) is -0.755. The molecule has 0 unspecified atom stereocenters. The van der Waals surface area contributed by atoms with E-state index in [4.69, 9.17) is 0 Å². The third-order valence-corrected chi connectivity index (χ3v) is 6.07. The number of fused-ring (bicyclic) bond motifs is 3. The van der Waals surface area contributed by atoms with Gasteiger partial charge in [-0.2, -0.15) is 0 Å². The van der Waals surface area contributed by atoms with E-state index in [1.807, 2.05) is 6.07 Å². The van der Waals surface area contributed by atoms with E-state index in [0.717, 1.165) is 15.9 Å². The fourth-order valence-electron chi connectivity index (χ4n) is 3.60. The Balaban J connectivity index is 1.76. The van der Waals surface area contributed by atoms with Gasteiger partial charge in [0.15, 0.2) is 0 Å². The number of carbonyl (C=O) groups excluding carboxylic acids is 1. The number of aromatic nitrogens is 3. The smallest absolute Gasteiger partial charge is 0.325 e. The fraction of sp³-hybridized carbons (Fsp3) is 0.0435. The third kappa shape index (κ3) is 3.28. The summed E-state index contributed by atoms with van der Waals surface area (Å²) in [6.07, 6.45) is 1.58. The van der Waals surface area contributed by atoms with Crippen LogP contribution in [0.25, 0.3) is 26.1 Å². The topological polar surface area (TPSA) is 86.0 Å². The van der Waals surface area contributed by atoms with Gasteiger partial charge in [-0.25, -0.2) is 18.7 Å². The number of rotatable bonds is 4. The Hall–Kier alpha value is -4.11. The van der Waals surface area contributed by atoms with Crippen molar-refractivity contribution < 1.29 is 9.18 Å². The highest BCUT2D eigenvalue weighted by Crippen LogP contribution is 2.29. The monoisotopic (exact) mass is 446 g/mol. The summed E-state index contributed by atoms with van der Waals surface area (Å²) in [7, 11) is 0. The molecule has 0 radical (unpaired) electrons. The summed E-state index contributed by atoms with van der Waals surface area (Å²) in [5.74, 6) is -1.17. The van der Waals surface area contributed by atoms with Crippen LogP contribution in [0.15, 0.2) is 82.5 Å². The Morgan fingerprint density at radius 1 is 1.00 bits per heavy atom. The van der Waals surface area contributed by atoms with E-state index < -0.39 is 23.0 Å². The maximum absolute atomic E-state index is 14.5. The summed E-state index contributed by atoms with van der Waals surface area (Å²) >= 11 is 1.10. The van der Waals surface area contributed by atoms with Gasteiger partial charge in [0.1, 0.15) is 21.9 Å². The van der Waals surface area contributed by atoms with Crippen LogP contribution in [-0.4, -0.2) is 20.0 Å². The van der Waals surface area contributed by atoms with Crippen LogP contribution in [0, 0.1) is 5.82 Å². The van der Waals surface area contributed by atoms with Crippen LogP contribution in [0.1, 0.15) is 0 Å². The second kappa shape index (κ2) is 7.86. The number of hydrogen-bond donors (Lipinski definition) is 1. The molecule has 9 heteroatoms. The summed E-state index contributed by atoms with van der Waals surface area (Å²) in [5, 5.41) is 3.31. The Morgan fingerprint density at radius 2 is 1.75 bits per heavy atom. The molecule has 0 bridgehead atoms. The minimum atomic E-state index is -0.806. The van der Waals surface area contributed by atoms with E-state index in [2.05, 4.69) is 10.3 Å². The number of hydrogen-bond acceptors (Lipinski definition) is 5. The van der Waals surface area contributed by atoms with Crippen molar-refractivity contribution in [2.75, 3.05) is 5.32 Å². The summed E-state index contributed by atoms with van der Waals surface area (Å²) in [4.78, 5) is 44.3. The highest BCUT2D eigenvalue weighted by atomic mass is 32.1. The number of benzene rings is 2. The Kier molecular flexibility index (Phi) is 4.87. The lowest BCUT2D eigenvalue weighted by atomic mass is 10.2. The van der Waals surface area contributed by atoms with Gasteiger partial charge in [0.05, 0.1) is 11.2 Å². The summed E-state index contributed by atoms with van der Waals surface area (Å²) in [6, 6.07) is 17.8. The van der Waals surface area contributed by atoms with Gasteiger partial charge in [-0.15, -0.1) is 11.3 Å². The Morgan fingerprint density at radius 3 is 2.53 bits per heavy atom. The van der Waals surface area contributed by atoms with Crippen molar-refractivity contribution in [1.29, 1.82) is 0 Å². The molecule has 5 aromatic rings. The summed E-state index contributed by atoms with van der Waals surface area (Å²) in [6.45, 7) is -0.361. The van der Waals surface area contributed by atoms with E-state index in [1.54, 1.807) is 42.6 Å². The van der Waals surface area contributed by atoms with Crippen LogP contribution in [0.2, 0.25) is 0 Å². The normalized spacial score (nSPS) is 11.2. The molecule has 158 valence electrons. The van der Waals surface area contributed by atoms with Crippen molar-refractivity contribution in [2.45, 2.75) is 6.54 Å². The van der Waals surface area contributed by atoms with E-state index in [0.29, 0.717) is 21.4 Å². The molecular weight excluding hydrogens is 431 g/mol. The molecule has 5 rings (SSSR count). The van der Waals surface area contributed by atoms with Gasteiger partial charge < -0.3 is 5.32 Å². The highest BCUT2D eigenvalue weighted by Gasteiger charge is 2.22. The predicted molar refractivity (Wildman–Crippen MR) is 122 cm³/mol. The van der Waals surface area contributed by atoms with Crippen molar-refractivity contribution in [3.05, 3.63) is 99.6 Å². The number of pyridine rings is 1. The quantitative estimate of drug-likeness (QED) is 0.458. The number of carbonyl (C=O) groups is 1. The first-order chi connectivity index (χ1) is 15.5. The van der Waals surface area contributed by atoms with Crippen molar-refractivity contribution in [3.8, 4) is 5.69 Å². The van der Waals surface area contributed by atoms with Gasteiger partial charge in [-0.1, -0.05) is 30.3 Å². The molecule has 3 aromatic heterocycles. The molecule has 0 spiro atoms. The van der Waals surface area contributed by atoms with Crippen LogP contribution in [0.5, 0.6) is 0 Å². The standard InChI is InChI=1S/C23H15FN4O3S/c24-16-10-4-5-11-17(16)28-22(30)20-19(15-9-6-12-25-21(15)32-20)27(23(28)31)13-18(29)26-14-7-2-1-3-8-14/h1-12H,13H2,(H,26,29). The average Bonchev–Trinajstić information content (AvgIpc) is 3.19. The molecule has 1 N–H and O–H groups in total. The molecular formula is C23H15FN4O3S. The number of anilines is 1. The Labute approximate surface area is 184 Å². The molecule has 0 saturated heterocycles. The molecule has 0 aliphatic heterocycles. The molecule has 3 heterocycles. The molecule has 7 nitrogen and oxygen atoms in total. The first kappa shape index (κ1) is 19.8. The number of nitrogens with zero attached hydrogens (tertiary/aromatic N) is 3. The van der Waals surface area contributed by atoms with Crippen LogP contribution < -0.4 is 16.6 Å². The lowest BCUT2D eigenvalue weighted by molar-refractivity contribution is -0.116. The van der Waals surface area contributed by atoms with Crippen molar-refractivity contribution in [2.24, 2.45) is 0 Å². The largest absolute Gasteiger partial charge is 0.336 e. The SMILES string of the molecule is O=C(Cn1c(=O)n(-c2ccccc2F)c(=O)c2sc3ncccc3c21)Nc1ccccc1. The zero-order chi connectivity index (χ0) is 22.2. The highest BCUT2D eigenvalue weighted by molar-refractivity contribution is 7.25. The zero-order valence-electron chi connectivity index (χ0n) is 16.5. The summed E-state index contributed by atoms with van der Waals surface area (Å²) < 4.78 is 16.7. The fourth-order valence-corrected chi connectivity index (χ4v) is 4.67. The van der Waals surface area contributed by atoms with Crippen LogP contribution in [-0.2, 0) is 11.3 Å². The van der Waals surface area contributed by atoms with Gasteiger partial charge >= 0.3 is 5.69 Å². The lowest BCUT2D eigenvalue weighted by Crippen LogP contribution is -2.40. The second-order valence-corrected chi connectivity index (χ2v) is 8.01. The van der Waals surface area contributed by atoms with Gasteiger partial charge in [0.2, 0.25) is 5.91 Å². The van der Waals surface area contributed by atoms with Crippen molar-refractivity contribution in [1.82, 2.24) is 14.1 Å². The van der Waals surface area contributed by atoms with Gasteiger partial charge in [0.25, 0.3) is 5.56 Å². The average molecular weight is 446 g/mol. The lowest BCUT2D eigenvalue weighted by Gasteiger charge is -2.13. The van der Waals surface area contributed by atoms with E-state index in [1.165, 1.54) is 28.8 Å². The minimum Gasteiger partial charge on any atom is -0.325 e. The third-order valence-electron chi connectivity index (χ3n) is 4.98. The minimum absolute atomic E-state index is 0.174. The van der Waals surface area contributed by atoms with Crippen LogP contribution in [0.3, 0.4) is 0 Å². The van der Waals surface area contributed by atoms with Crippen LogP contribution in [0.4, 0.5) is 10.1 Å². The number of halogens is 1. The van der Waals surface area contributed by atoms with E-state index >= 15 is 0 Å².